The van der Waals surface area contributed by atoms with Crippen molar-refractivity contribution in [2.24, 2.45) is 10.9 Å². The number of anilines is 3. The molecule has 0 bridgehead atoms. The number of piperidine rings is 2. The van der Waals surface area contributed by atoms with Gasteiger partial charge < -0.3 is 35.7 Å². The minimum absolute atomic E-state index is 0.0320. The van der Waals surface area contributed by atoms with E-state index in [1.807, 2.05) is 12.1 Å². The molecule has 3 heterocycles. The Kier molecular flexibility index (Phi) is 15.2. The zero-order valence-corrected chi connectivity index (χ0v) is 33.5. The lowest BCUT2D eigenvalue weighted by atomic mass is 9.92. The highest BCUT2D eigenvalue weighted by Gasteiger charge is 2.33. The number of rotatable bonds is 16. The van der Waals surface area contributed by atoms with Crippen LogP contribution in [0.25, 0.3) is 0 Å². The molecule has 1 aromatic heterocycles. The van der Waals surface area contributed by atoms with Crippen LogP contribution in [-0.4, -0.2) is 110 Å². The van der Waals surface area contributed by atoms with Crippen LogP contribution in [0.3, 0.4) is 0 Å². The van der Waals surface area contributed by atoms with Gasteiger partial charge in [-0.25, -0.2) is 4.98 Å². The summed E-state index contributed by atoms with van der Waals surface area (Å²) >= 11 is 0. The third-order valence-electron chi connectivity index (χ3n) is 11.0. The monoisotopic (exact) mass is 820 g/mol. The number of aromatic nitrogens is 1. The lowest BCUT2D eigenvalue weighted by molar-refractivity contribution is -0.141. The summed E-state index contributed by atoms with van der Waals surface area (Å²) in [6.45, 7) is 6.16. The van der Waals surface area contributed by atoms with Crippen LogP contribution in [0.1, 0.15) is 82.6 Å². The van der Waals surface area contributed by atoms with Gasteiger partial charge in [0.15, 0.2) is 0 Å². The van der Waals surface area contributed by atoms with Gasteiger partial charge in [0.2, 0.25) is 12.3 Å². The van der Waals surface area contributed by atoms with E-state index in [1.165, 1.54) is 26.3 Å². The molecule has 0 spiro atoms. The number of likely N-dealkylation sites (N-methyl/N-ethyl adjacent to an activating group) is 1. The highest BCUT2D eigenvalue weighted by molar-refractivity contribution is 6.05. The number of likely N-dealkylation sites (tertiary alicyclic amines) is 1. The zero-order valence-electron chi connectivity index (χ0n) is 33.5. The Hall–Kier alpha value is -5.84. The molecule has 4 N–H and O–H groups in total. The lowest BCUT2D eigenvalue weighted by Crippen LogP contribution is -2.48. The van der Waals surface area contributed by atoms with Crippen LogP contribution < -0.4 is 26.0 Å². The first-order chi connectivity index (χ1) is 28.3. The van der Waals surface area contributed by atoms with Crippen molar-refractivity contribution in [2.45, 2.75) is 70.1 Å². The van der Waals surface area contributed by atoms with Gasteiger partial charge in [-0.05, 0) is 93.8 Å². The van der Waals surface area contributed by atoms with E-state index in [9.17, 15) is 37.1 Å². The van der Waals surface area contributed by atoms with Crippen LogP contribution in [0.4, 0.5) is 30.2 Å². The Bertz CT molecular complexity index is 2010. The van der Waals surface area contributed by atoms with Crippen molar-refractivity contribution in [3.63, 3.8) is 0 Å². The normalized spacial score (nSPS) is 16.1. The molecule has 2 aromatic carbocycles. The van der Waals surface area contributed by atoms with E-state index in [0.29, 0.717) is 41.0 Å². The molecule has 1 atom stereocenters. The summed E-state index contributed by atoms with van der Waals surface area (Å²) in [5.74, 6) is -1.15. The third kappa shape index (κ3) is 11.4. The highest BCUT2D eigenvalue weighted by Crippen LogP contribution is 2.32. The quantitative estimate of drug-likeness (QED) is 0.0997. The molecule has 17 heteroatoms. The molecular formula is C42H51F3N8O6. The zero-order chi connectivity index (χ0) is 42.7. The number of aldehydes is 1. The molecule has 5 rings (SSSR count). The predicted molar refractivity (Wildman–Crippen MR) is 218 cm³/mol. The number of imide groups is 1. The number of alkyl halides is 3. The summed E-state index contributed by atoms with van der Waals surface area (Å²) < 4.78 is 44.8. The standard InChI is InChI=1S/C42H51F3N8O6/c1-27-9-10-31(23-32(27)41(58)53(26-55)36(7-5-21-54)40(57)47-2)52-19-12-28(13-20-52)11-16-51-17-14-30(15-18-51)48-25-29-22-35(37(59-3)24-33(29)46)50-39(56)34-6-4-8-38(49-34)42(43,44)45/h4,6,8-10,21-26,28,30,36H,5,7,11-20,46H2,1-3H3,(H,47,57)(H,50,56). The fraction of sp³-hybridized carbons (Fsp3) is 0.452. The van der Waals surface area contributed by atoms with Crippen molar-refractivity contribution in [3.05, 3.63) is 76.6 Å². The van der Waals surface area contributed by atoms with Crippen LogP contribution in [-0.2, 0) is 20.6 Å². The summed E-state index contributed by atoms with van der Waals surface area (Å²) in [6, 6.07) is 10.8. The minimum atomic E-state index is -4.69. The minimum Gasteiger partial charge on any atom is -0.494 e. The SMILES string of the molecule is CNC(=O)C(CCC=O)N(C=O)C(=O)c1cc(N2CCC(CCN3CCC(N=Cc4cc(NC(=O)c5cccc(C(F)(F)F)n5)c(OC)cc4N)CC3)CC2)ccc1C. The fourth-order valence-corrected chi connectivity index (χ4v) is 7.45. The highest BCUT2D eigenvalue weighted by atomic mass is 19.4. The van der Waals surface area contributed by atoms with Crippen LogP contribution in [0.2, 0.25) is 0 Å². The molecule has 0 radical (unpaired) electrons. The Morgan fingerprint density at radius 1 is 1.05 bits per heavy atom. The number of nitrogens with one attached hydrogen (secondary N) is 2. The van der Waals surface area contributed by atoms with Gasteiger partial charge in [0.25, 0.3) is 11.8 Å². The number of aliphatic imine (C=N–C) groups is 1. The number of hydrogen-bond donors (Lipinski definition) is 3. The second-order valence-electron chi connectivity index (χ2n) is 14.8. The number of nitrogens with two attached hydrogens (primary N) is 1. The first kappa shape index (κ1) is 44.3. The summed E-state index contributed by atoms with van der Waals surface area (Å²) in [5.41, 5.74) is 7.69. The molecule has 0 saturated carbocycles. The number of ether oxygens (including phenoxy) is 1. The Morgan fingerprint density at radius 3 is 2.42 bits per heavy atom. The second kappa shape index (κ2) is 20.2. The van der Waals surface area contributed by atoms with Crippen molar-refractivity contribution in [3.8, 4) is 5.75 Å². The smallest absolute Gasteiger partial charge is 0.433 e. The van der Waals surface area contributed by atoms with Gasteiger partial charge in [-0.3, -0.25) is 29.1 Å². The number of nitrogen functional groups attached to an aromatic ring is 1. The van der Waals surface area contributed by atoms with Crippen molar-refractivity contribution in [1.82, 2.24) is 20.1 Å². The molecule has 2 aliphatic rings. The van der Waals surface area contributed by atoms with Crippen LogP contribution in [0.5, 0.6) is 5.75 Å². The fourth-order valence-electron chi connectivity index (χ4n) is 7.45. The van der Waals surface area contributed by atoms with E-state index >= 15 is 0 Å². The van der Waals surface area contributed by atoms with Crippen LogP contribution in [0, 0.1) is 12.8 Å². The van der Waals surface area contributed by atoms with Gasteiger partial charge >= 0.3 is 6.18 Å². The number of carbonyl (C=O) groups is 5. The number of amides is 4. The lowest BCUT2D eigenvalue weighted by Gasteiger charge is -2.36. The molecule has 2 saturated heterocycles. The Morgan fingerprint density at radius 2 is 1.78 bits per heavy atom. The van der Waals surface area contributed by atoms with Crippen molar-refractivity contribution >= 4 is 53.7 Å². The maximum Gasteiger partial charge on any atom is 0.433 e. The van der Waals surface area contributed by atoms with Crippen molar-refractivity contribution in [1.29, 1.82) is 0 Å². The van der Waals surface area contributed by atoms with Gasteiger partial charge in [0.05, 0.1) is 18.8 Å². The molecule has 3 aromatic rings. The topological polar surface area (TPSA) is 180 Å². The number of aryl methyl sites for hydroxylation is 1. The number of hydrogen-bond acceptors (Lipinski definition) is 11. The van der Waals surface area contributed by atoms with E-state index in [1.54, 1.807) is 25.3 Å². The molecule has 0 aliphatic carbocycles. The third-order valence-corrected chi connectivity index (χ3v) is 11.0. The van der Waals surface area contributed by atoms with Crippen molar-refractivity contribution < 1.29 is 41.9 Å². The maximum absolute atomic E-state index is 13.6. The molecule has 1 unspecified atom stereocenters. The van der Waals surface area contributed by atoms with Crippen molar-refractivity contribution in [2.75, 3.05) is 62.8 Å². The average molecular weight is 821 g/mol. The number of pyridine rings is 1. The van der Waals surface area contributed by atoms with Gasteiger partial charge in [-0.2, -0.15) is 13.2 Å². The molecule has 2 fully saturated rings. The van der Waals surface area contributed by atoms with Gasteiger partial charge in [-0.15, -0.1) is 0 Å². The summed E-state index contributed by atoms with van der Waals surface area (Å²) in [4.78, 5) is 75.8. The van der Waals surface area contributed by atoms with E-state index < -0.39 is 41.3 Å². The van der Waals surface area contributed by atoms with Crippen LogP contribution in [0.15, 0.2) is 53.5 Å². The van der Waals surface area contributed by atoms with E-state index in [-0.39, 0.29) is 30.3 Å². The van der Waals surface area contributed by atoms with E-state index in [2.05, 4.69) is 25.4 Å². The van der Waals surface area contributed by atoms with Crippen LogP contribution >= 0.6 is 0 Å². The summed E-state index contributed by atoms with van der Waals surface area (Å²) in [7, 11) is 2.81. The molecule has 59 heavy (non-hydrogen) atoms. The largest absolute Gasteiger partial charge is 0.494 e. The van der Waals surface area contributed by atoms with Gasteiger partial charge in [0.1, 0.15) is 29.5 Å². The molecular weight excluding hydrogens is 770 g/mol. The first-order valence-electron chi connectivity index (χ1n) is 19.6. The molecule has 4 amide bonds. The maximum atomic E-state index is 13.6. The Balaban J connectivity index is 1.10. The van der Waals surface area contributed by atoms with E-state index in [4.69, 9.17) is 15.5 Å². The summed E-state index contributed by atoms with van der Waals surface area (Å²) in [6.07, 6.45) is 2.79. The number of methoxy groups -OCH3 is 1. The summed E-state index contributed by atoms with van der Waals surface area (Å²) in [5, 5.41) is 5.06. The van der Waals surface area contributed by atoms with E-state index in [0.717, 1.165) is 87.5 Å². The number of carbonyl (C=O) groups excluding carboxylic acids is 5. The first-order valence-corrected chi connectivity index (χ1v) is 19.6. The van der Waals surface area contributed by atoms with Gasteiger partial charge in [-0.1, -0.05) is 12.1 Å². The number of nitrogens with zero attached hydrogens (tertiary/aromatic N) is 5. The molecule has 2 aliphatic heterocycles. The Labute approximate surface area is 341 Å². The number of halogens is 3. The molecule has 14 nitrogen and oxygen atoms in total. The average Bonchev–Trinajstić information content (AvgIpc) is 3.24. The number of benzene rings is 2. The second-order valence-corrected chi connectivity index (χ2v) is 14.8. The molecule has 316 valence electrons. The van der Waals surface area contributed by atoms with Gasteiger partial charge in [0, 0.05) is 74.4 Å². The predicted octanol–water partition coefficient (Wildman–Crippen LogP) is 5.13.